The number of hydrogen-bond acceptors (Lipinski definition) is 3. The number of ether oxygens (including phenoxy) is 1. The Kier molecular flexibility index (Phi) is 6.24. The van der Waals surface area contributed by atoms with Crippen molar-refractivity contribution in [3.8, 4) is 0 Å². The molecule has 0 unspecified atom stereocenters. The van der Waals surface area contributed by atoms with Gasteiger partial charge in [-0.15, -0.1) is 12.4 Å². The Hall–Kier alpha value is -1.34. The van der Waals surface area contributed by atoms with Gasteiger partial charge in [0, 0.05) is 11.6 Å². The van der Waals surface area contributed by atoms with Crippen molar-refractivity contribution in [3.05, 3.63) is 35.4 Å². The zero-order chi connectivity index (χ0) is 13.9. The minimum atomic E-state index is -4.09. The predicted octanol–water partition coefficient (Wildman–Crippen LogP) is 2.58. The molecule has 19 heavy (non-hydrogen) atoms. The van der Waals surface area contributed by atoms with Gasteiger partial charge in [-0.1, -0.05) is 6.07 Å². The Morgan fingerprint density at radius 3 is 2.47 bits per heavy atom. The minimum Gasteiger partial charge on any atom is -0.462 e. The van der Waals surface area contributed by atoms with Crippen molar-refractivity contribution >= 4 is 18.4 Å². The van der Waals surface area contributed by atoms with Gasteiger partial charge >= 0.3 is 11.9 Å². The summed E-state index contributed by atoms with van der Waals surface area (Å²) in [5.74, 6) is -8.11. The largest absolute Gasteiger partial charge is 0.462 e. The lowest BCUT2D eigenvalue weighted by Crippen LogP contribution is -2.42. The molecule has 0 aliphatic rings. The molecule has 0 spiro atoms. The molecule has 1 atom stereocenters. The summed E-state index contributed by atoms with van der Waals surface area (Å²) in [6.07, 6.45) is 0. The van der Waals surface area contributed by atoms with E-state index in [1.54, 1.807) is 0 Å². The summed E-state index contributed by atoms with van der Waals surface area (Å²) in [5.41, 5.74) is 4.48. The highest BCUT2D eigenvalue weighted by molar-refractivity contribution is 5.85. The Balaban J connectivity index is 0.00000324. The van der Waals surface area contributed by atoms with E-state index < -0.39 is 35.1 Å². The monoisotopic (exact) mass is 301 g/mol. The number of rotatable bonds is 4. The number of alkyl halides is 2. The summed E-state index contributed by atoms with van der Waals surface area (Å²) in [6.45, 7) is 1.09. The predicted molar refractivity (Wildman–Crippen MR) is 62.1 cm³/mol. The lowest BCUT2D eigenvalue weighted by Gasteiger charge is -2.22. The number of carbonyl (C=O) groups excluding carboxylic acids is 1. The lowest BCUT2D eigenvalue weighted by atomic mass is 10.0. The Morgan fingerprint density at radius 2 is 2.00 bits per heavy atom. The van der Waals surface area contributed by atoms with Crippen LogP contribution in [0.4, 0.5) is 17.6 Å². The summed E-state index contributed by atoms with van der Waals surface area (Å²) in [7, 11) is 0. The third kappa shape index (κ3) is 3.81. The van der Waals surface area contributed by atoms with Crippen molar-refractivity contribution in [2.75, 3.05) is 6.61 Å². The first-order valence-electron chi connectivity index (χ1n) is 5.06. The topological polar surface area (TPSA) is 52.3 Å². The maximum Gasteiger partial charge on any atom is 0.379 e. The molecule has 0 heterocycles. The normalized spacial score (nSPS) is 12.5. The minimum absolute atomic E-state index is 0. The molecule has 8 heteroatoms. The summed E-state index contributed by atoms with van der Waals surface area (Å²) < 4.78 is 57.1. The molecule has 0 amide bonds. The van der Waals surface area contributed by atoms with E-state index in [1.807, 2.05) is 0 Å². The van der Waals surface area contributed by atoms with Crippen molar-refractivity contribution in [1.82, 2.24) is 0 Å². The van der Waals surface area contributed by atoms with Crippen LogP contribution in [0.2, 0.25) is 0 Å². The van der Waals surface area contributed by atoms with Crippen molar-refractivity contribution in [2.24, 2.45) is 5.73 Å². The maximum absolute atomic E-state index is 13.5. The average Bonchev–Trinajstić information content (AvgIpc) is 2.28. The maximum atomic E-state index is 13.5. The molecule has 0 aliphatic carbocycles. The standard InChI is InChI=1S/C11H11F4NO2.ClH/c1-2-18-10(17)11(14,15)9(16)7-4-3-6(12)5-8(7)13;/h3-5,9H,2,16H2,1H3;1H/t9-;/m0./s1. The molecule has 108 valence electrons. The first-order chi connectivity index (χ1) is 8.30. The molecule has 1 rings (SSSR count). The summed E-state index contributed by atoms with van der Waals surface area (Å²) in [6, 6.07) is -0.282. The van der Waals surface area contributed by atoms with E-state index in [-0.39, 0.29) is 19.0 Å². The van der Waals surface area contributed by atoms with Gasteiger partial charge < -0.3 is 10.5 Å². The number of hydrogen-bond donors (Lipinski definition) is 1. The van der Waals surface area contributed by atoms with Gasteiger partial charge in [0.25, 0.3) is 0 Å². The number of nitrogens with two attached hydrogens (primary N) is 1. The SMILES string of the molecule is CCOC(=O)C(F)(F)[C@@H](N)c1ccc(F)cc1F.Cl. The quantitative estimate of drug-likeness (QED) is 0.687. The van der Waals surface area contributed by atoms with Gasteiger partial charge in [-0.3, -0.25) is 0 Å². The van der Waals surface area contributed by atoms with Gasteiger partial charge in [0.2, 0.25) is 0 Å². The summed E-state index contributed by atoms with van der Waals surface area (Å²) >= 11 is 0. The highest BCUT2D eigenvalue weighted by Gasteiger charge is 2.48. The van der Waals surface area contributed by atoms with Crippen LogP contribution in [0.25, 0.3) is 0 Å². The molecule has 0 fully saturated rings. The Bertz CT molecular complexity index is 456. The molecule has 0 bridgehead atoms. The van der Waals surface area contributed by atoms with Gasteiger partial charge in [0.05, 0.1) is 6.61 Å². The van der Waals surface area contributed by atoms with Crippen molar-refractivity contribution in [1.29, 1.82) is 0 Å². The molecular weight excluding hydrogens is 290 g/mol. The fraction of sp³-hybridized carbons (Fsp3) is 0.364. The van der Waals surface area contributed by atoms with Crippen LogP contribution < -0.4 is 5.73 Å². The second-order valence-corrected chi connectivity index (χ2v) is 3.49. The van der Waals surface area contributed by atoms with E-state index >= 15 is 0 Å². The van der Waals surface area contributed by atoms with Gasteiger partial charge in [-0.2, -0.15) is 8.78 Å². The second-order valence-electron chi connectivity index (χ2n) is 3.49. The van der Waals surface area contributed by atoms with E-state index in [9.17, 15) is 22.4 Å². The fourth-order valence-corrected chi connectivity index (χ4v) is 1.30. The van der Waals surface area contributed by atoms with Crippen LogP contribution in [-0.2, 0) is 9.53 Å². The highest BCUT2D eigenvalue weighted by atomic mass is 35.5. The summed E-state index contributed by atoms with van der Waals surface area (Å²) in [4.78, 5) is 11.0. The van der Waals surface area contributed by atoms with E-state index in [1.165, 1.54) is 6.92 Å². The van der Waals surface area contributed by atoms with E-state index in [4.69, 9.17) is 5.73 Å². The Morgan fingerprint density at radius 1 is 1.42 bits per heavy atom. The highest BCUT2D eigenvalue weighted by Crippen LogP contribution is 2.32. The summed E-state index contributed by atoms with van der Waals surface area (Å²) in [5, 5.41) is 0. The van der Waals surface area contributed by atoms with Crippen LogP contribution in [0.3, 0.4) is 0 Å². The number of esters is 1. The molecule has 1 aromatic rings. The Labute approximate surface area is 113 Å². The van der Waals surface area contributed by atoms with Crippen molar-refractivity contribution < 1.29 is 27.1 Å². The molecule has 0 radical (unpaired) electrons. The molecule has 0 saturated carbocycles. The lowest BCUT2D eigenvalue weighted by molar-refractivity contribution is -0.174. The fourth-order valence-electron chi connectivity index (χ4n) is 1.30. The average molecular weight is 302 g/mol. The van der Waals surface area contributed by atoms with Crippen molar-refractivity contribution in [3.63, 3.8) is 0 Å². The first kappa shape index (κ1) is 17.7. The van der Waals surface area contributed by atoms with Crippen LogP contribution in [0.15, 0.2) is 18.2 Å². The number of benzene rings is 1. The van der Waals surface area contributed by atoms with Gasteiger partial charge in [-0.25, -0.2) is 13.6 Å². The molecule has 0 aromatic heterocycles. The molecule has 1 aromatic carbocycles. The molecule has 0 aliphatic heterocycles. The van der Waals surface area contributed by atoms with E-state index in [0.717, 1.165) is 12.1 Å². The smallest absolute Gasteiger partial charge is 0.379 e. The zero-order valence-corrected chi connectivity index (χ0v) is 10.6. The molecule has 3 nitrogen and oxygen atoms in total. The van der Waals surface area contributed by atoms with Gasteiger partial charge in [0.15, 0.2) is 0 Å². The van der Waals surface area contributed by atoms with Crippen molar-refractivity contribution in [2.45, 2.75) is 18.9 Å². The number of halogens is 5. The second kappa shape index (κ2) is 6.72. The third-order valence-corrected chi connectivity index (χ3v) is 2.24. The van der Waals surface area contributed by atoms with Crippen LogP contribution >= 0.6 is 12.4 Å². The molecule has 2 N–H and O–H groups in total. The van der Waals surface area contributed by atoms with Crippen LogP contribution in [-0.4, -0.2) is 18.5 Å². The number of carbonyl (C=O) groups is 1. The molecule has 0 saturated heterocycles. The van der Waals surface area contributed by atoms with Crippen LogP contribution in [0, 0.1) is 11.6 Å². The van der Waals surface area contributed by atoms with E-state index in [2.05, 4.69) is 4.74 Å². The van der Waals surface area contributed by atoms with E-state index in [0.29, 0.717) is 6.07 Å². The molecular formula is C11H12ClF4NO2. The van der Waals surface area contributed by atoms with Gasteiger partial charge in [0.1, 0.15) is 17.7 Å². The van der Waals surface area contributed by atoms with Crippen LogP contribution in [0.1, 0.15) is 18.5 Å². The zero-order valence-electron chi connectivity index (χ0n) is 9.83. The third-order valence-electron chi connectivity index (χ3n) is 2.24. The van der Waals surface area contributed by atoms with Crippen LogP contribution in [0.5, 0.6) is 0 Å². The first-order valence-corrected chi connectivity index (χ1v) is 5.06. The van der Waals surface area contributed by atoms with Gasteiger partial charge in [-0.05, 0) is 13.0 Å².